The third-order valence-electron chi connectivity index (χ3n) is 3.57. The molecule has 2 aromatic carbocycles. The van der Waals surface area contributed by atoms with Crippen molar-refractivity contribution >= 4 is 23.7 Å². The minimum absolute atomic E-state index is 0.111. The lowest BCUT2D eigenvalue weighted by Gasteiger charge is -2.05. The van der Waals surface area contributed by atoms with Gasteiger partial charge in [-0.3, -0.25) is 10.1 Å². The summed E-state index contributed by atoms with van der Waals surface area (Å²) in [7, 11) is 0. The van der Waals surface area contributed by atoms with Crippen LogP contribution in [0.2, 0.25) is 0 Å². The zero-order valence-electron chi connectivity index (χ0n) is 15.0. The van der Waals surface area contributed by atoms with Crippen molar-refractivity contribution < 1.29 is 9.21 Å². The molecular weight excluding hydrogens is 346 g/mol. The van der Waals surface area contributed by atoms with E-state index < -0.39 is 0 Å². The minimum atomic E-state index is -0.185. The number of hydrogen-bond donors (Lipinski definition) is 1. The van der Waals surface area contributed by atoms with Crippen molar-refractivity contribution in [3.05, 3.63) is 59.7 Å². The Morgan fingerprint density at radius 3 is 2.73 bits per heavy atom. The normalized spacial score (nSPS) is 10.9. The van der Waals surface area contributed by atoms with Crippen LogP contribution in [0, 0.1) is 6.92 Å². The number of thioether (sulfide) groups is 1. The number of carbonyl (C=O) groups excluding carboxylic acids is 1. The molecule has 0 atom stereocenters. The molecule has 0 fully saturated rings. The Morgan fingerprint density at radius 2 is 1.96 bits per heavy atom. The Morgan fingerprint density at radius 1 is 1.15 bits per heavy atom. The number of benzene rings is 2. The van der Waals surface area contributed by atoms with Crippen LogP contribution in [0.3, 0.4) is 0 Å². The van der Waals surface area contributed by atoms with Gasteiger partial charge in [0.25, 0.3) is 0 Å². The molecule has 0 bridgehead atoms. The average molecular weight is 367 g/mol. The fourth-order valence-corrected chi connectivity index (χ4v) is 3.43. The van der Waals surface area contributed by atoms with Crippen LogP contribution in [-0.2, 0) is 11.2 Å². The molecule has 1 heterocycles. The molecule has 0 unspecified atom stereocenters. The predicted octanol–water partition coefficient (Wildman–Crippen LogP) is 4.73. The maximum Gasteiger partial charge on any atom is 0.322 e. The molecular formula is C20H21N3O2S. The highest BCUT2D eigenvalue weighted by Gasteiger charge is 2.12. The molecule has 6 heteroatoms. The number of amides is 1. The lowest BCUT2D eigenvalue weighted by atomic mass is 10.1. The molecule has 0 saturated heterocycles. The van der Waals surface area contributed by atoms with Gasteiger partial charge < -0.3 is 4.42 Å². The van der Waals surface area contributed by atoms with Crippen LogP contribution in [0.15, 0.2) is 57.8 Å². The summed E-state index contributed by atoms with van der Waals surface area (Å²) in [6.07, 6.45) is 0.264. The van der Waals surface area contributed by atoms with Crippen LogP contribution < -0.4 is 5.32 Å². The highest BCUT2D eigenvalue weighted by Crippen LogP contribution is 2.28. The summed E-state index contributed by atoms with van der Waals surface area (Å²) >= 11 is 1.77. The molecule has 0 radical (unpaired) electrons. The number of anilines is 1. The Hall–Kier alpha value is -2.60. The first kappa shape index (κ1) is 18.2. The Bertz CT molecular complexity index is 905. The van der Waals surface area contributed by atoms with Crippen molar-refractivity contribution in [2.45, 2.75) is 37.3 Å². The molecule has 5 nitrogen and oxygen atoms in total. The second-order valence-electron chi connectivity index (χ2n) is 6.32. The van der Waals surface area contributed by atoms with E-state index in [4.69, 9.17) is 4.42 Å². The van der Waals surface area contributed by atoms with Crippen LogP contribution in [0.5, 0.6) is 0 Å². The summed E-state index contributed by atoms with van der Waals surface area (Å²) in [5, 5.41) is 11.1. The third kappa shape index (κ3) is 4.95. The van der Waals surface area contributed by atoms with Crippen LogP contribution in [-0.4, -0.2) is 21.4 Å². The number of aryl methyl sites for hydroxylation is 1. The quantitative estimate of drug-likeness (QED) is 0.638. The van der Waals surface area contributed by atoms with Crippen LogP contribution in [0.4, 0.5) is 6.01 Å². The van der Waals surface area contributed by atoms with Crippen molar-refractivity contribution in [2.75, 3.05) is 5.32 Å². The van der Waals surface area contributed by atoms with E-state index in [-0.39, 0.29) is 18.3 Å². The topological polar surface area (TPSA) is 68.0 Å². The second-order valence-corrected chi connectivity index (χ2v) is 7.97. The SMILES string of the molecule is Cc1cccc(CC(=O)Nc2nnc(-c3cccc(SC(C)C)c3)o2)c1. The fourth-order valence-electron chi connectivity index (χ4n) is 2.54. The molecule has 0 aliphatic rings. The maximum atomic E-state index is 12.2. The van der Waals surface area contributed by atoms with Gasteiger partial charge in [0.2, 0.25) is 11.8 Å². The van der Waals surface area contributed by atoms with E-state index in [0.29, 0.717) is 11.1 Å². The van der Waals surface area contributed by atoms with Crippen LogP contribution in [0.25, 0.3) is 11.5 Å². The highest BCUT2D eigenvalue weighted by molar-refractivity contribution is 7.99. The van der Waals surface area contributed by atoms with Crippen molar-refractivity contribution in [1.29, 1.82) is 0 Å². The van der Waals surface area contributed by atoms with Gasteiger partial charge in [0.15, 0.2) is 0 Å². The molecule has 0 saturated carbocycles. The van der Waals surface area contributed by atoms with E-state index in [9.17, 15) is 4.79 Å². The van der Waals surface area contributed by atoms with Gasteiger partial charge in [-0.25, -0.2) is 0 Å². The molecule has 134 valence electrons. The van der Waals surface area contributed by atoms with Gasteiger partial charge in [0.05, 0.1) is 6.42 Å². The summed E-state index contributed by atoms with van der Waals surface area (Å²) in [6.45, 7) is 6.29. The molecule has 1 amide bonds. The zero-order chi connectivity index (χ0) is 18.5. The standard InChI is InChI=1S/C20H21N3O2S/c1-13(2)26-17-9-5-8-16(12-17)19-22-23-20(25-19)21-18(24)11-15-7-4-6-14(3)10-15/h4-10,12-13H,11H2,1-3H3,(H,21,23,24). The highest BCUT2D eigenvalue weighted by atomic mass is 32.2. The number of carbonyl (C=O) groups is 1. The Labute approximate surface area is 157 Å². The molecule has 1 aromatic heterocycles. The predicted molar refractivity (Wildman–Crippen MR) is 104 cm³/mol. The van der Waals surface area contributed by atoms with E-state index in [0.717, 1.165) is 21.6 Å². The van der Waals surface area contributed by atoms with Crippen molar-refractivity contribution in [3.63, 3.8) is 0 Å². The van der Waals surface area contributed by atoms with Gasteiger partial charge in [-0.15, -0.1) is 16.9 Å². The molecule has 1 N–H and O–H groups in total. The summed E-state index contributed by atoms with van der Waals surface area (Å²) in [6, 6.07) is 15.9. The van der Waals surface area contributed by atoms with Crippen molar-refractivity contribution in [1.82, 2.24) is 10.2 Å². The zero-order valence-corrected chi connectivity index (χ0v) is 15.8. The van der Waals surface area contributed by atoms with Crippen LogP contribution >= 0.6 is 11.8 Å². The summed E-state index contributed by atoms with van der Waals surface area (Å²) in [5.41, 5.74) is 2.90. The molecule has 26 heavy (non-hydrogen) atoms. The van der Waals surface area contributed by atoms with Gasteiger partial charge in [0, 0.05) is 15.7 Å². The Balaban J connectivity index is 1.67. The van der Waals surface area contributed by atoms with Gasteiger partial charge in [0.1, 0.15) is 0 Å². The number of aromatic nitrogens is 2. The maximum absolute atomic E-state index is 12.2. The van der Waals surface area contributed by atoms with Crippen LogP contribution in [0.1, 0.15) is 25.0 Å². The van der Waals surface area contributed by atoms with E-state index >= 15 is 0 Å². The fraction of sp³-hybridized carbons (Fsp3) is 0.250. The van der Waals surface area contributed by atoms with Crippen molar-refractivity contribution in [3.8, 4) is 11.5 Å². The molecule has 0 aliphatic carbocycles. The molecule has 0 spiro atoms. The largest absolute Gasteiger partial charge is 0.403 e. The first-order valence-electron chi connectivity index (χ1n) is 8.45. The third-order valence-corrected chi connectivity index (χ3v) is 4.57. The minimum Gasteiger partial charge on any atom is -0.403 e. The number of hydrogen-bond acceptors (Lipinski definition) is 5. The molecule has 3 rings (SSSR count). The van der Waals surface area contributed by atoms with E-state index in [1.165, 1.54) is 0 Å². The smallest absolute Gasteiger partial charge is 0.322 e. The molecule has 0 aliphatic heterocycles. The number of rotatable bonds is 6. The van der Waals surface area contributed by atoms with E-state index in [1.807, 2.05) is 49.4 Å². The summed E-state index contributed by atoms with van der Waals surface area (Å²) in [5.74, 6) is 0.206. The van der Waals surface area contributed by atoms with Crippen molar-refractivity contribution in [2.24, 2.45) is 0 Å². The lowest BCUT2D eigenvalue weighted by Crippen LogP contribution is -2.14. The number of nitrogens with one attached hydrogen (secondary N) is 1. The van der Waals surface area contributed by atoms with E-state index in [1.54, 1.807) is 11.8 Å². The monoisotopic (exact) mass is 367 g/mol. The van der Waals surface area contributed by atoms with Gasteiger partial charge in [-0.2, -0.15) is 0 Å². The first-order chi connectivity index (χ1) is 12.5. The first-order valence-corrected chi connectivity index (χ1v) is 9.33. The lowest BCUT2D eigenvalue weighted by molar-refractivity contribution is -0.115. The van der Waals surface area contributed by atoms with Gasteiger partial charge >= 0.3 is 6.01 Å². The van der Waals surface area contributed by atoms with Gasteiger partial charge in [-0.1, -0.05) is 54.8 Å². The van der Waals surface area contributed by atoms with E-state index in [2.05, 4.69) is 35.4 Å². The summed E-state index contributed by atoms with van der Waals surface area (Å²) in [4.78, 5) is 13.3. The Kier molecular flexibility index (Phi) is 5.73. The second kappa shape index (κ2) is 8.19. The average Bonchev–Trinajstić information content (AvgIpc) is 3.03. The summed E-state index contributed by atoms with van der Waals surface area (Å²) < 4.78 is 5.60. The molecule has 3 aromatic rings. The van der Waals surface area contributed by atoms with Gasteiger partial charge in [-0.05, 0) is 30.7 Å². The number of nitrogens with zero attached hydrogens (tertiary/aromatic N) is 2.